The lowest BCUT2D eigenvalue weighted by molar-refractivity contribution is 0.0595. The number of nitrogens with two attached hydrogens (primary N) is 1. The van der Waals surface area contributed by atoms with Crippen LogP contribution in [0.5, 0.6) is 0 Å². The molecule has 0 bridgehead atoms. The van der Waals surface area contributed by atoms with Crippen molar-refractivity contribution in [1.29, 1.82) is 0 Å². The van der Waals surface area contributed by atoms with Crippen molar-refractivity contribution in [3.05, 3.63) is 33.4 Å². The van der Waals surface area contributed by atoms with Crippen molar-refractivity contribution in [3.8, 4) is 0 Å². The van der Waals surface area contributed by atoms with E-state index in [9.17, 15) is 4.79 Å². The molecule has 2 N–H and O–H groups in total. The minimum atomic E-state index is -0.499. The van der Waals surface area contributed by atoms with Crippen molar-refractivity contribution in [2.75, 3.05) is 12.8 Å². The third-order valence-corrected chi connectivity index (χ3v) is 4.04. The Labute approximate surface area is 116 Å². The van der Waals surface area contributed by atoms with Crippen molar-refractivity contribution in [2.24, 2.45) is 0 Å². The van der Waals surface area contributed by atoms with Crippen LogP contribution in [0, 0.1) is 6.92 Å². The quantitative estimate of drug-likeness (QED) is 0.871. The second-order valence-electron chi connectivity index (χ2n) is 4.19. The summed E-state index contributed by atoms with van der Waals surface area (Å²) in [7, 11) is 1.32. The molecule has 2 rings (SSSR count). The summed E-state index contributed by atoms with van der Waals surface area (Å²) in [6.45, 7) is 4.60. The Morgan fingerprint density at radius 2 is 2.32 bits per heavy atom. The number of anilines is 1. The van der Waals surface area contributed by atoms with Gasteiger partial charge in [-0.3, -0.25) is 0 Å². The average Bonchev–Trinajstić information content (AvgIpc) is 2.97. The summed E-state index contributed by atoms with van der Waals surface area (Å²) in [6, 6.07) is 2.11. The molecule has 0 aliphatic heterocycles. The molecule has 0 aliphatic carbocycles. The van der Waals surface area contributed by atoms with Gasteiger partial charge < -0.3 is 15.0 Å². The molecule has 0 unspecified atom stereocenters. The molecule has 0 amide bonds. The number of nitrogen functional groups attached to an aromatic ring is 1. The molecule has 0 saturated heterocycles. The van der Waals surface area contributed by atoms with Gasteiger partial charge in [-0.1, -0.05) is 6.92 Å². The van der Waals surface area contributed by atoms with Crippen LogP contribution in [0.2, 0.25) is 0 Å². The van der Waals surface area contributed by atoms with Gasteiger partial charge in [0.15, 0.2) is 5.69 Å². The van der Waals surface area contributed by atoms with E-state index >= 15 is 0 Å². The number of aryl methyl sites for hydroxylation is 2. The number of hydrogen-bond donors (Lipinski definition) is 1. The van der Waals surface area contributed by atoms with Crippen LogP contribution in [0.1, 0.15) is 33.7 Å². The summed E-state index contributed by atoms with van der Waals surface area (Å²) in [6.07, 6.45) is 0.982. The number of esters is 1. The van der Waals surface area contributed by atoms with Crippen LogP contribution in [-0.4, -0.2) is 22.6 Å². The van der Waals surface area contributed by atoms with Gasteiger partial charge in [-0.2, -0.15) is 0 Å². The van der Waals surface area contributed by atoms with Crippen LogP contribution in [0.4, 0.5) is 5.82 Å². The first-order chi connectivity index (χ1) is 9.08. The molecule has 0 radical (unpaired) electrons. The number of imidazole rings is 1. The van der Waals surface area contributed by atoms with Gasteiger partial charge in [0.1, 0.15) is 11.6 Å². The number of thiophene rings is 1. The molecule has 6 heteroatoms. The first-order valence-electron chi connectivity index (χ1n) is 6.04. The normalized spacial score (nSPS) is 10.7. The van der Waals surface area contributed by atoms with E-state index in [4.69, 9.17) is 5.73 Å². The third-order valence-electron chi connectivity index (χ3n) is 3.10. The van der Waals surface area contributed by atoms with Crippen molar-refractivity contribution in [2.45, 2.75) is 26.8 Å². The number of ether oxygens (including phenoxy) is 1. The highest BCUT2D eigenvalue weighted by Gasteiger charge is 2.19. The Morgan fingerprint density at radius 1 is 1.58 bits per heavy atom. The predicted molar refractivity (Wildman–Crippen MR) is 75.5 cm³/mol. The number of rotatable bonds is 4. The lowest BCUT2D eigenvalue weighted by Crippen LogP contribution is -2.09. The zero-order chi connectivity index (χ0) is 14.0. The van der Waals surface area contributed by atoms with E-state index in [0.29, 0.717) is 18.2 Å². The van der Waals surface area contributed by atoms with Crippen LogP contribution in [0.25, 0.3) is 0 Å². The Balaban J connectivity index is 2.36. The smallest absolute Gasteiger partial charge is 0.360 e. The second kappa shape index (κ2) is 5.44. The van der Waals surface area contributed by atoms with Gasteiger partial charge in [0, 0.05) is 4.88 Å². The highest BCUT2D eigenvalue weighted by molar-refractivity contribution is 7.10. The number of hydrogen-bond acceptors (Lipinski definition) is 5. The maximum atomic E-state index is 11.5. The molecule has 0 aliphatic rings. The van der Waals surface area contributed by atoms with Gasteiger partial charge in [0.2, 0.25) is 0 Å². The highest BCUT2D eigenvalue weighted by Crippen LogP contribution is 2.23. The minimum absolute atomic E-state index is 0.189. The Morgan fingerprint density at radius 3 is 2.95 bits per heavy atom. The fourth-order valence-corrected chi connectivity index (χ4v) is 2.96. The van der Waals surface area contributed by atoms with E-state index < -0.39 is 5.97 Å². The van der Waals surface area contributed by atoms with E-state index in [2.05, 4.69) is 28.1 Å². The summed E-state index contributed by atoms with van der Waals surface area (Å²) >= 11 is 1.69. The molecule has 19 heavy (non-hydrogen) atoms. The monoisotopic (exact) mass is 279 g/mol. The van der Waals surface area contributed by atoms with E-state index in [0.717, 1.165) is 6.42 Å². The van der Waals surface area contributed by atoms with E-state index in [-0.39, 0.29) is 5.69 Å². The first kappa shape index (κ1) is 13.6. The van der Waals surface area contributed by atoms with Crippen LogP contribution in [0.3, 0.4) is 0 Å². The summed E-state index contributed by atoms with van der Waals surface area (Å²) in [4.78, 5) is 17.0. The Bertz CT molecular complexity index is 601. The summed E-state index contributed by atoms with van der Waals surface area (Å²) in [5.41, 5.74) is 7.49. The minimum Gasteiger partial charge on any atom is -0.464 e. The summed E-state index contributed by atoms with van der Waals surface area (Å²) in [5.74, 6) is 0.578. The fraction of sp³-hybridized carbons (Fsp3) is 0.385. The van der Waals surface area contributed by atoms with Crippen molar-refractivity contribution in [3.63, 3.8) is 0 Å². The molecule has 2 aromatic heterocycles. The van der Waals surface area contributed by atoms with Crippen LogP contribution in [0.15, 0.2) is 11.4 Å². The van der Waals surface area contributed by atoms with E-state index in [1.54, 1.807) is 11.3 Å². The van der Waals surface area contributed by atoms with Crippen molar-refractivity contribution >= 4 is 23.1 Å². The molecule has 0 atom stereocenters. The lowest BCUT2D eigenvalue weighted by Gasteiger charge is -2.07. The van der Waals surface area contributed by atoms with Gasteiger partial charge in [-0.25, -0.2) is 9.78 Å². The molecule has 2 aromatic rings. The molecular formula is C13H17N3O2S. The summed E-state index contributed by atoms with van der Waals surface area (Å²) < 4.78 is 6.52. The number of nitrogens with zero attached hydrogens (tertiary/aromatic N) is 2. The molecule has 0 fully saturated rings. The maximum Gasteiger partial charge on any atom is 0.360 e. The SMILES string of the molecule is CCc1ccsc1Cn1c(C)nc(C(=O)OC)c1N. The number of aromatic nitrogens is 2. The zero-order valence-electron chi connectivity index (χ0n) is 11.3. The number of carbonyl (C=O) groups is 1. The number of methoxy groups -OCH3 is 1. The molecular weight excluding hydrogens is 262 g/mol. The Kier molecular flexibility index (Phi) is 3.90. The van der Waals surface area contributed by atoms with Gasteiger partial charge in [-0.05, 0) is 30.4 Å². The van der Waals surface area contributed by atoms with Crippen LogP contribution < -0.4 is 5.73 Å². The van der Waals surface area contributed by atoms with Gasteiger partial charge in [0.25, 0.3) is 0 Å². The topological polar surface area (TPSA) is 70.1 Å². The van der Waals surface area contributed by atoms with Gasteiger partial charge in [0.05, 0.1) is 13.7 Å². The zero-order valence-corrected chi connectivity index (χ0v) is 12.1. The third kappa shape index (κ3) is 2.49. The van der Waals surface area contributed by atoms with Crippen LogP contribution >= 0.6 is 11.3 Å². The standard InChI is InChI=1S/C13H17N3O2S/c1-4-9-5-6-19-10(9)7-16-8(2)15-11(12(16)14)13(17)18-3/h5-6H,4,7,14H2,1-3H3. The fourth-order valence-electron chi connectivity index (χ4n) is 1.99. The van der Waals surface area contributed by atoms with Gasteiger partial charge in [-0.15, -0.1) is 11.3 Å². The largest absolute Gasteiger partial charge is 0.464 e. The first-order valence-corrected chi connectivity index (χ1v) is 6.92. The predicted octanol–water partition coefficient (Wildman–Crippen LogP) is 2.23. The highest BCUT2D eigenvalue weighted by atomic mass is 32.1. The molecule has 0 aromatic carbocycles. The molecule has 2 heterocycles. The van der Waals surface area contributed by atoms with E-state index in [1.807, 2.05) is 11.5 Å². The molecule has 102 valence electrons. The average molecular weight is 279 g/mol. The maximum absolute atomic E-state index is 11.5. The molecule has 0 saturated carbocycles. The number of carbonyl (C=O) groups excluding carboxylic acids is 1. The van der Waals surface area contributed by atoms with Gasteiger partial charge >= 0.3 is 5.97 Å². The lowest BCUT2D eigenvalue weighted by atomic mass is 10.2. The molecule has 5 nitrogen and oxygen atoms in total. The summed E-state index contributed by atoms with van der Waals surface area (Å²) in [5, 5.41) is 2.07. The molecule has 0 spiro atoms. The Hall–Kier alpha value is -1.82. The van der Waals surface area contributed by atoms with Crippen molar-refractivity contribution in [1.82, 2.24) is 9.55 Å². The van der Waals surface area contributed by atoms with Crippen LogP contribution in [-0.2, 0) is 17.7 Å². The van der Waals surface area contributed by atoms with Crippen molar-refractivity contribution < 1.29 is 9.53 Å². The van der Waals surface area contributed by atoms with E-state index in [1.165, 1.54) is 17.6 Å². The second-order valence-corrected chi connectivity index (χ2v) is 5.19.